The van der Waals surface area contributed by atoms with E-state index in [-0.39, 0.29) is 12.2 Å². The van der Waals surface area contributed by atoms with E-state index < -0.39 is 0 Å². The van der Waals surface area contributed by atoms with Gasteiger partial charge in [0.25, 0.3) is 0 Å². The quantitative estimate of drug-likeness (QED) is 0.599. The molecule has 2 atom stereocenters. The molecule has 0 spiro atoms. The number of nitrogens with one attached hydrogen (secondary N) is 1. The fourth-order valence-electron chi connectivity index (χ4n) is 4.21. The van der Waals surface area contributed by atoms with Gasteiger partial charge in [-0.05, 0) is 37.5 Å². The van der Waals surface area contributed by atoms with Gasteiger partial charge in [0, 0.05) is 45.0 Å². The van der Waals surface area contributed by atoms with Crippen LogP contribution in [0.2, 0.25) is 0 Å². The molecule has 0 aromatic heterocycles. The molecule has 3 heterocycles. The third-order valence-electron chi connectivity index (χ3n) is 5.83. The molecule has 0 aliphatic carbocycles. The second-order valence-electron chi connectivity index (χ2n) is 7.84. The van der Waals surface area contributed by atoms with E-state index in [0.29, 0.717) is 6.54 Å². The summed E-state index contributed by atoms with van der Waals surface area (Å²) in [6.45, 7) is 10.5. The Morgan fingerprint density at radius 2 is 1.83 bits per heavy atom. The molecule has 3 saturated heterocycles. The molecule has 7 nitrogen and oxygen atoms in total. The third kappa shape index (κ3) is 5.41. The molecule has 0 saturated carbocycles. The Morgan fingerprint density at radius 1 is 1.03 bits per heavy atom. The molecule has 29 heavy (non-hydrogen) atoms. The summed E-state index contributed by atoms with van der Waals surface area (Å²) in [6.07, 6.45) is 2.61. The van der Waals surface area contributed by atoms with Gasteiger partial charge in [-0.3, -0.25) is 0 Å². The van der Waals surface area contributed by atoms with E-state index in [4.69, 9.17) is 19.2 Å². The molecule has 3 fully saturated rings. The van der Waals surface area contributed by atoms with E-state index in [1.807, 2.05) is 0 Å². The number of anilines is 1. The summed E-state index contributed by atoms with van der Waals surface area (Å²) in [4.78, 5) is 9.61. The molecule has 1 aromatic carbocycles. The number of aliphatic imine (C=N–C) groups is 1. The summed E-state index contributed by atoms with van der Waals surface area (Å²) in [6, 6.07) is 8.77. The van der Waals surface area contributed by atoms with Gasteiger partial charge < -0.3 is 29.3 Å². The molecule has 0 radical (unpaired) electrons. The van der Waals surface area contributed by atoms with E-state index >= 15 is 0 Å². The molecule has 4 rings (SSSR count). The lowest BCUT2D eigenvalue weighted by Gasteiger charge is -2.37. The lowest BCUT2D eigenvalue weighted by Crippen LogP contribution is -2.53. The highest BCUT2D eigenvalue weighted by molar-refractivity contribution is 5.80. The first-order valence-electron chi connectivity index (χ1n) is 11.0. The second-order valence-corrected chi connectivity index (χ2v) is 7.84. The van der Waals surface area contributed by atoms with Crippen LogP contribution in [-0.2, 0) is 20.8 Å². The lowest BCUT2D eigenvalue weighted by atomic mass is 10.1. The normalized spacial score (nSPS) is 26.0. The Hall–Kier alpha value is -1.83. The molecule has 0 amide bonds. The lowest BCUT2D eigenvalue weighted by molar-refractivity contribution is -0.0817. The number of rotatable bonds is 5. The van der Waals surface area contributed by atoms with Crippen LogP contribution in [0.5, 0.6) is 0 Å². The highest BCUT2D eigenvalue weighted by Gasteiger charge is 2.32. The van der Waals surface area contributed by atoms with Crippen LogP contribution >= 0.6 is 0 Å². The van der Waals surface area contributed by atoms with Crippen molar-refractivity contribution in [1.29, 1.82) is 0 Å². The fourth-order valence-corrected chi connectivity index (χ4v) is 4.21. The van der Waals surface area contributed by atoms with Gasteiger partial charge in [0.1, 0.15) is 6.10 Å². The minimum atomic E-state index is 0.142. The van der Waals surface area contributed by atoms with Crippen molar-refractivity contribution in [3.8, 4) is 0 Å². The van der Waals surface area contributed by atoms with Crippen LogP contribution in [-0.4, -0.2) is 82.2 Å². The van der Waals surface area contributed by atoms with E-state index in [0.717, 1.165) is 78.0 Å². The maximum absolute atomic E-state index is 5.99. The van der Waals surface area contributed by atoms with Crippen LogP contribution in [0.15, 0.2) is 29.3 Å². The summed E-state index contributed by atoms with van der Waals surface area (Å²) in [5.41, 5.74) is 2.49. The van der Waals surface area contributed by atoms with Crippen LogP contribution in [0.4, 0.5) is 5.69 Å². The number of guanidine groups is 1. The smallest absolute Gasteiger partial charge is 0.194 e. The number of benzene rings is 1. The van der Waals surface area contributed by atoms with Crippen molar-refractivity contribution < 1.29 is 14.2 Å². The average Bonchev–Trinajstić information content (AvgIpc) is 3.33. The minimum Gasteiger partial charge on any atom is -0.378 e. The Morgan fingerprint density at radius 3 is 2.55 bits per heavy atom. The molecule has 0 bridgehead atoms. The predicted molar refractivity (Wildman–Crippen MR) is 115 cm³/mol. The monoisotopic (exact) mass is 402 g/mol. The first-order chi connectivity index (χ1) is 14.3. The van der Waals surface area contributed by atoms with Crippen molar-refractivity contribution in [2.45, 2.75) is 38.5 Å². The molecule has 160 valence electrons. The van der Waals surface area contributed by atoms with Crippen molar-refractivity contribution in [3.05, 3.63) is 29.8 Å². The van der Waals surface area contributed by atoms with Crippen LogP contribution in [0.25, 0.3) is 0 Å². The molecule has 7 heteroatoms. The van der Waals surface area contributed by atoms with Gasteiger partial charge in [0.2, 0.25) is 0 Å². The van der Waals surface area contributed by atoms with Gasteiger partial charge in [0.05, 0.1) is 32.5 Å². The Labute approximate surface area is 174 Å². The van der Waals surface area contributed by atoms with E-state index in [2.05, 4.69) is 46.3 Å². The van der Waals surface area contributed by atoms with Crippen molar-refractivity contribution in [3.63, 3.8) is 0 Å². The zero-order valence-electron chi connectivity index (χ0n) is 17.5. The van der Waals surface area contributed by atoms with E-state index in [1.165, 1.54) is 11.3 Å². The molecule has 2 unspecified atom stereocenters. The minimum absolute atomic E-state index is 0.142. The first-order valence-corrected chi connectivity index (χ1v) is 11.0. The molecular weight excluding hydrogens is 368 g/mol. The number of ether oxygens (including phenoxy) is 3. The SMILES string of the molecule is CCNC(=NCc1ccc(N2CCOCC2)cc1)N1CCOC(C2CCCO2)C1. The third-order valence-corrected chi connectivity index (χ3v) is 5.83. The zero-order chi connectivity index (χ0) is 19.9. The average molecular weight is 403 g/mol. The standard InChI is InChI=1S/C22H34N4O3/c1-2-23-22(26-11-15-29-21(17-26)20-4-3-12-28-20)24-16-18-5-7-19(8-6-18)25-9-13-27-14-10-25/h5-8,20-21H,2-4,9-17H2,1H3,(H,23,24). The van der Waals surface area contributed by atoms with Crippen LogP contribution in [0.3, 0.4) is 0 Å². The molecule has 3 aliphatic heterocycles. The van der Waals surface area contributed by atoms with Crippen LogP contribution < -0.4 is 10.2 Å². The van der Waals surface area contributed by atoms with Crippen molar-refractivity contribution in [2.24, 2.45) is 4.99 Å². The summed E-state index contributed by atoms with van der Waals surface area (Å²) >= 11 is 0. The van der Waals surface area contributed by atoms with E-state index in [1.54, 1.807) is 0 Å². The number of hydrogen-bond acceptors (Lipinski definition) is 5. The largest absolute Gasteiger partial charge is 0.378 e. The van der Waals surface area contributed by atoms with E-state index in [9.17, 15) is 0 Å². The summed E-state index contributed by atoms with van der Waals surface area (Å²) < 4.78 is 17.3. The topological polar surface area (TPSA) is 58.6 Å². The second kappa shape index (κ2) is 10.3. The van der Waals surface area contributed by atoms with Gasteiger partial charge in [-0.2, -0.15) is 0 Å². The maximum atomic E-state index is 5.99. The van der Waals surface area contributed by atoms with Crippen molar-refractivity contribution >= 4 is 11.6 Å². The fraction of sp³-hybridized carbons (Fsp3) is 0.682. The predicted octanol–water partition coefficient (Wildman–Crippen LogP) is 1.87. The summed E-state index contributed by atoms with van der Waals surface area (Å²) in [7, 11) is 0. The number of nitrogens with zero attached hydrogens (tertiary/aromatic N) is 3. The van der Waals surface area contributed by atoms with Gasteiger partial charge in [-0.15, -0.1) is 0 Å². The van der Waals surface area contributed by atoms with Crippen molar-refractivity contribution in [2.75, 3.05) is 64.1 Å². The van der Waals surface area contributed by atoms with Gasteiger partial charge in [0.15, 0.2) is 5.96 Å². The van der Waals surface area contributed by atoms with Crippen molar-refractivity contribution in [1.82, 2.24) is 10.2 Å². The summed E-state index contributed by atoms with van der Waals surface area (Å²) in [5, 5.41) is 3.45. The highest BCUT2D eigenvalue weighted by Crippen LogP contribution is 2.21. The number of morpholine rings is 2. The summed E-state index contributed by atoms with van der Waals surface area (Å²) in [5.74, 6) is 0.969. The Balaban J connectivity index is 1.37. The van der Waals surface area contributed by atoms with Gasteiger partial charge in [-0.1, -0.05) is 12.1 Å². The first kappa shape index (κ1) is 20.4. The molecule has 1 aromatic rings. The highest BCUT2D eigenvalue weighted by atomic mass is 16.5. The van der Waals surface area contributed by atoms with Crippen LogP contribution in [0, 0.1) is 0 Å². The van der Waals surface area contributed by atoms with Gasteiger partial charge >= 0.3 is 0 Å². The van der Waals surface area contributed by atoms with Gasteiger partial charge in [-0.25, -0.2) is 4.99 Å². The molecule has 1 N–H and O–H groups in total. The Bertz CT molecular complexity index is 655. The number of hydrogen-bond donors (Lipinski definition) is 1. The van der Waals surface area contributed by atoms with Crippen LogP contribution in [0.1, 0.15) is 25.3 Å². The zero-order valence-corrected chi connectivity index (χ0v) is 17.5. The molecular formula is C22H34N4O3. The maximum Gasteiger partial charge on any atom is 0.194 e. The Kier molecular flexibility index (Phi) is 7.24. The molecule has 3 aliphatic rings.